The second kappa shape index (κ2) is 9.41. The Bertz CT molecular complexity index is 863. The second-order valence-corrected chi connectivity index (χ2v) is 8.84. The van der Waals surface area contributed by atoms with Crippen molar-refractivity contribution in [3.8, 4) is 17.2 Å². The molecule has 3 N–H and O–H groups in total. The molecular weight excluding hydrogens is 378 g/mol. The van der Waals surface area contributed by atoms with Crippen molar-refractivity contribution in [1.82, 2.24) is 0 Å². The number of benzene rings is 2. The van der Waals surface area contributed by atoms with Crippen molar-refractivity contribution in [3.63, 3.8) is 0 Å². The molecule has 1 aliphatic rings. The van der Waals surface area contributed by atoms with Crippen molar-refractivity contribution in [3.05, 3.63) is 53.6 Å². The number of primary amides is 1. The molecule has 1 heterocycles. The van der Waals surface area contributed by atoms with Gasteiger partial charge in [-0.15, -0.1) is 0 Å². The van der Waals surface area contributed by atoms with E-state index in [2.05, 4.69) is 24.3 Å². The molecule has 5 heteroatoms. The molecule has 1 amide bonds. The smallest absolute Gasteiger partial charge is 0.217 e. The van der Waals surface area contributed by atoms with Crippen LogP contribution in [0.25, 0.3) is 0 Å². The van der Waals surface area contributed by atoms with Crippen LogP contribution < -0.4 is 15.2 Å². The van der Waals surface area contributed by atoms with Gasteiger partial charge in [0, 0.05) is 30.0 Å². The number of carbonyl (C=O) groups is 1. The van der Waals surface area contributed by atoms with Crippen molar-refractivity contribution in [2.75, 3.05) is 0 Å². The standard InChI is InChI=1S/C25H33NO4/c1-17(8-7-11-18-9-5-4-6-10-18)29-20-15-22(27)21-14-19(12-13-24(26)28)25(2,3)30-23(21)16-20/h4-6,9-10,15-17,19,27H,7-8,11-14H2,1-3H3,(H2,26,28). The van der Waals surface area contributed by atoms with E-state index < -0.39 is 5.60 Å². The summed E-state index contributed by atoms with van der Waals surface area (Å²) < 4.78 is 12.3. The van der Waals surface area contributed by atoms with Crippen LogP contribution in [0, 0.1) is 5.92 Å². The molecule has 30 heavy (non-hydrogen) atoms. The molecule has 3 rings (SSSR count). The van der Waals surface area contributed by atoms with Crippen molar-refractivity contribution in [2.45, 2.75) is 71.0 Å². The van der Waals surface area contributed by atoms with Crippen LogP contribution >= 0.6 is 0 Å². The third kappa shape index (κ3) is 5.68. The zero-order chi connectivity index (χ0) is 21.7. The summed E-state index contributed by atoms with van der Waals surface area (Å²) in [5, 5.41) is 10.6. The minimum Gasteiger partial charge on any atom is -0.507 e. The average molecular weight is 412 g/mol. The summed E-state index contributed by atoms with van der Waals surface area (Å²) in [7, 11) is 0. The van der Waals surface area contributed by atoms with Crippen molar-refractivity contribution in [2.24, 2.45) is 11.7 Å². The molecule has 0 aliphatic carbocycles. The van der Waals surface area contributed by atoms with Gasteiger partial charge in [-0.1, -0.05) is 30.3 Å². The molecule has 2 unspecified atom stereocenters. The summed E-state index contributed by atoms with van der Waals surface area (Å²) in [4.78, 5) is 11.2. The lowest BCUT2D eigenvalue weighted by Gasteiger charge is -2.40. The predicted octanol–water partition coefficient (Wildman–Crippen LogP) is 4.78. The molecule has 5 nitrogen and oxygen atoms in total. The normalized spacial score (nSPS) is 18.2. The molecule has 0 saturated carbocycles. The number of nitrogens with two attached hydrogens (primary N) is 1. The number of amides is 1. The highest BCUT2D eigenvalue weighted by Crippen LogP contribution is 2.44. The number of rotatable bonds is 9. The summed E-state index contributed by atoms with van der Waals surface area (Å²) >= 11 is 0. The van der Waals surface area contributed by atoms with E-state index in [0.29, 0.717) is 30.8 Å². The largest absolute Gasteiger partial charge is 0.507 e. The van der Waals surface area contributed by atoms with Crippen LogP contribution in [0.15, 0.2) is 42.5 Å². The molecule has 2 atom stereocenters. The first-order valence-electron chi connectivity index (χ1n) is 10.8. The summed E-state index contributed by atoms with van der Waals surface area (Å²) in [5.41, 5.74) is 6.96. The van der Waals surface area contributed by atoms with Gasteiger partial charge in [0.25, 0.3) is 0 Å². The van der Waals surface area contributed by atoms with Gasteiger partial charge in [0.2, 0.25) is 5.91 Å². The van der Waals surface area contributed by atoms with E-state index in [1.807, 2.05) is 32.9 Å². The minimum absolute atomic E-state index is 0.0334. The van der Waals surface area contributed by atoms with Crippen molar-refractivity contribution < 1.29 is 19.4 Å². The van der Waals surface area contributed by atoms with Crippen LogP contribution in [0.5, 0.6) is 17.2 Å². The number of carbonyl (C=O) groups excluding carboxylic acids is 1. The molecule has 0 saturated heterocycles. The maximum atomic E-state index is 11.2. The topological polar surface area (TPSA) is 81.8 Å². The molecule has 0 spiro atoms. The first-order chi connectivity index (χ1) is 14.2. The van der Waals surface area contributed by atoms with E-state index in [1.54, 1.807) is 6.07 Å². The lowest BCUT2D eigenvalue weighted by atomic mass is 9.79. The summed E-state index contributed by atoms with van der Waals surface area (Å²) in [5.74, 6) is 1.24. The molecule has 0 bridgehead atoms. The van der Waals surface area contributed by atoms with Crippen LogP contribution in [0.3, 0.4) is 0 Å². The molecule has 2 aromatic carbocycles. The number of hydrogen-bond donors (Lipinski definition) is 2. The molecule has 2 aromatic rings. The molecule has 1 aliphatic heterocycles. The average Bonchev–Trinajstić information content (AvgIpc) is 2.66. The van der Waals surface area contributed by atoms with Gasteiger partial charge < -0.3 is 20.3 Å². The summed E-state index contributed by atoms with van der Waals surface area (Å²) in [6, 6.07) is 14.0. The molecule has 0 aromatic heterocycles. The summed E-state index contributed by atoms with van der Waals surface area (Å²) in [6.45, 7) is 6.07. The fourth-order valence-corrected chi connectivity index (χ4v) is 4.12. The van der Waals surface area contributed by atoms with E-state index >= 15 is 0 Å². The quantitative estimate of drug-likeness (QED) is 0.622. The van der Waals surface area contributed by atoms with Crippen molar-refractivity contribution >= 4 is 5.91 Å². The number of phenolic OH excluding ortho intramolecular Hbond substituents is 1. The molecular formula is C25H33NO4. The SMILES string of the molecule is CC(CCCc1ccccc1)Oc1cc(O)c2c(c1)OC(C)(C)C(CCC(N)=O)C2. The first kappa shape index (κ1) is 22.0. The Hall–Kier alpha value is -2.69. The predicted molar refractivity (Wildman–Crippen MR) is 118 cm³/mol. The Morgan fingerprint density at radius 1 is 1.30 bits per heavy atom. The Morgan fingerprint density at radius 3 is 2.73 bits per heavy atom. The number of phenols is 1. The van der Waals surface area contributed by atoms with Crippen LogP contribution in [-0.2, 0) is 17.6 Å². The zero-order valence-corrected chi connectivity index (χ0v) is 18.2. The third-order valence-electron chi connectivity index (χ3n) is 5.96. The van der Waals surface area contributed by atoms with Gasteiger partial charge >= 0.3 is 0 Å². The highest BCUT2D eigenvalue weighted by Gasteiger charge is 2.38. The maximum Gasteiger partial charge on any atom is 0.217 e. The van der Waals surface area contributed by atoms with Gasteiger partial charge in [-0.2, -0.15) is 0 Å². The van der Waals surface area contributed by atoms with Gasteiger partial charge in [-0.05, 0) is 58.4 Å². The van der Waals surface area contributed by atoms with E-state index in [4.69, 9.17) is 15.2 Å². The highest BCUT2D eigenvalue weighted by atomic mass is 16.5. The van der Waals surface area contributed by atoms with Crippen molar-refractivity contribution in [1.29, 1.82) is 0 Å². The van der Waals surface area contributed by atoms with Crippen LogP contribution in [0.2, 0.25) is 0 Å². The van der Waals surface area contributed by atoms with E-state index in [0.717, 1.165) is 24.8 Å². The van der Waals surface area contributed by atoms with Gasteiger partial charge in [0.05, 0.1) is 6.10 Å². The summed E-state index contributed by atoms with van der Waals surface area (Å²) in [6.07, 6.45) is 4.61. The van der Waals surface area contributed by atoms with Gasteiger partial charge in [-0.3, -0.25) is 4.79 Å². The minimum atomic E-state index is -0.450. The highest BCUT2D eigenvalue weighted by molar-refractivity contribution is 5.73. The van der Waals surface area contributed by atoms with E-state index in [1.165, 1.54) is 5.56 Å². The van der Waals surface area contributed by atoms with E-state index in [-0.39, 0.29) is 23.7 Å². The molecule has 0 radical (unpaired) electrons. The monoisotopic (exact) mass is 411 g/mol. The van der Waals surface area contributed by atoms with Crippen LogP contribution in [0.4, 0.5) is 0 Å². The number of hydrogen-bond acceptors (Lipinski definition) is 4. The zero-order valence-electron chi connectivity index (χ0n) is 18.2. The van der Waals surface area contributed by atoms with E-state index in [9.17, 15) is 9.90 Å². The lowest BCUT2D eigenvalue weighted by Crippen LogP contribution is -2.42. The Morgan fingerprint density at radius 2 is 2.03 bits per heavy atom. The fraction of sp³-hybridized carbons (Fsp3) is 0.480. The third-order valence-corrected chi connectivity index (χ3v) is 5.96. The van der Waals surface area contributed by atoms with Crippen LogP contribution in [0.1, 0.15) is 57.6 Å². The Kier molecular flexibility index (Phi) is 6.91. The van der Waals surface area contributed by atoms with Gasteiger partial charge in [0.15, 0.2) is 0 Å². The van der Waals surface area contributed by atoms with Gasteiger partial charge in [0.1, 0.15) is 22.8 Å². The second-order valence-electron chi connectivity index (χ2n) is 8.84. The molecule has 162 valence electrons. The fourth-order valence-electron chi connectivity index (χ4n) is 4.12. The number of fused-ring (bicyclic) bond motifs is 1. The number of aryl methyl sites for hydroxylation is 1. The first-order valence-corrected chi connectivity index (χ1v) is 10.8. The van der Waals surface area contributed by atoms with Gasteiger partial charge in [-0.25, -0.2) is 0 Å². The maximum absolute atomic E-state index is 11.2. The Labute approximate surface area is 179 Å². The molecule has 0 fully saturated rings. The van der Waals surface area contributed by atoms with Crippen LogP contribution in [-0.4, -0.2) is 22.7 Å². The Balaban J connectivity index is 1.62. The lowest BCUT2D eigenvalue weighted by molar-refractivity contribution is -0.118. The number of ether oxygens (including phenoxy) is 2. The number of aromatic hydroxyl groups is 1.